The quantitative estimate of drug-likeness (QED) is 0.748. The zero-order valence-corrected chi connectivity index (χ0v) is 16.9. The van der Waals surface area contributed by atoms with Gasteiger partial charge in [0.05, 0.1) is 6.10 Å². The van der Waals surface area contributed by atoms with Gasteiger partial charge in [-0.1, -0.05) is 57.2 Å². The number of fused-ring (bicyclic) bond motifs is 2. The highest BCUT2D eigenvalue weighted by atomic mass is 16.3. The molecular formula is C25H33NO. The zero-order valence-electron chi connectivity index (χ0n) is 16.9. The molecule has 2 heteroatoms. The Morgan fingerprint density at radius 1 is 1.00 bits per heavy atom. The predicted molar refractivity (Wildman–Crippen MR) is 112 cm³/mol. The monoisotopic (exact) mass is 363 g/mol. The molecule has 4 unspecified atom stereocenters. The molecule has 2 aromatic rings. The molecule has 2 aliphatic carbocycles. The van der Waals surface area contributed by atoms with Gasteiger partial charge < -0.3 is 10.8 Å². The van der Waals surface area contributed by atoms with E-state index in [9.17, 15) is 5.11 Å². The van der Waals surface area contributed by atoms with Gasteiger partial charge in [0.25, 0.3) is 0 Å². The van der Waals surface area contributed by atoms with Gasteiger partial charge in [0.2, 0.25) is 0 Å². The van der Waals surface area contributed by atoms with E-state index in [1.807, 2.05) is 0 Å². The van der Waals surface area contributed by atoms with E-state index in [1.165, 1.54) is 27.8 Å². The molecule has 0 bridgehead atoms. The van der Waals surface area contributed by atoms with Crippen LogP contribution in [0, 0.1) is 5.92 Å². The molecule has 2 nitrogen and oxygen atoms in total. The first-order chi connectivity index (χ1) is 12.9. The van der Waals surface area contributed by atoms with Crippen LogP contribution in [0.1, 0.15) is 97.4 Å². The molecular weight excluding hydrogens is 330 g/mol. The molecule has 0 saturated heterocycles. The largest absolute Gasteiger partial charge is 0.388 e. The van der Waals surface area contributed by atoms with E-state index in [0.717, 1.165) is 37.7 Å². The Morgan fingerprint density at radius 3 is 2.56 bits per heavy atom. The lowest BCUT2D eigenvalue weighted by atomic mass is 9.83. The van der Waals surface area contributed by atoms with Crippen LogP contribution in [0.2, 0.25) is 0 Å². The van der Waals surface area contributed by atoms with Crippen LogP contribution in [0.5, 0.6) is 0 Å². The molecule has 0 radical (unpaired) electrons. The summed E-state index contributed by atoms with van der Waals surface area (Å²) >= 11 is 0. The molecule has 144 valence electrons. The van der Waals surface area contributed by atoms with Crippen molar-refractivity contribution in [2.24, 2.45) is 11.7 Å². The van der Waals surface area contributed by atoms with Gasteiger partial charge in [-0.25, -0.2) is 0 Å². The van der Waals surface area contributed by atoms with Gasteiger partial charge in [-0.2, -0.15) is 0 Å². The summed E-state index contributed by atoms with van der Waals surface area (Å²) in [6.45, 7) is 6.82. The van der Waals surface area contributed by atoms with Gasteiger partial charge in [0, 0.05) is 6.04 Å². The van der Waals surface area contributed by atoms with Gasteiger partial charge in [0.1, 0.15) is 0 Å². The number of aryl methyl sites for hydroxylation is 1. The summed E-state index contributed by atoms with van der Waals surface area (Å²) in [6, 6.07) is 13.8. The third kappa shape index (κ3) is 3.58. The molecule has 4 atom stereocenters. The second kappa shape index (κ2) is 7.41. The van der Waals surface area contributed by atoms with Crippen molar-refractivity contribution in [3.8, 4) is 0 Å². The number of hydrogen-bond acceptors (Lipinski definition) is 2. The third-order valence-electron chi connectivity index (χ3n) is 6.86. The van der Waals surface area contributed by atoms with Crippen molar-refractivity contribution in [2.75, 3.05) is 0 Å². The number of aliphatic hydroxyl groups is 1. The third-order valence-corrected chi connectivity index (χ3v) is 6.86. The van der Waals surface area contributed by atoms with Crippen LogP contribution in [0.4, 0.5) is 0 Å². The van der Waals surface area contributed by atoms with Crippen LogP contribution in [0.15, 0.2) is 36.4 Å². The predicted octanol–water partition coefficient (Wildman–Crippen LogP) is 5.55. The first-order valence-electron chi connectivity index (χ1n) is 10.6. The van der Waals surface area contributed by atoms with Crippen LogP contribution >= 0.6 is 0 Å². The molecule has 0 fully saturated rings. The zero-order chi connectivity index (χ0) is 19.1. The van der Waals surface area contributed by atoms with E-state index in [-0.39, 0.29) is 12.1 Å². The Kier molecular flexibility index (Phi) is 5.13. The summed E-state index contributed by atoms with van der Waals surface area (Å²) in [5.41, 5.74) is 14.8. The lowest BCUT2D eigenvalue weighted by molar-refractivity contribution is 0.156. The molecule has 2 aromatic carbocycles. The van der Waals surface area contributed by atoms with E-state index in [0.29, 0.717) is 17.8 Å². The minimum absolute atomic E-state index is 0.153. The maximum absolute atomic E-state index is 10.2. The van der Waals surface area contributed by atoms with Gasteiger partial charge in [0.15, 0.2) is 0 Å². The molecule has 0 aromatic heterocycles. The fourth-order valence-corrected chi connectivity index (χ4v) is 5.07. The summed E-state index contributed by atoms with van der Waals surface area (Å²) in [5.74, 6) is 1.55. The van der Waals surface area contributed by atoms with Crippen LogP contribution in [0.25, 0.3) is 0 Å². The van der Waals surface area contributed by atoms with Crippen molar-refractivity contribution in [1.29, 1.82) is 0 Å². The molecule has 27 heavy (non-hydrogen) atoms. The first-order valence-corrected chi connectivity index (χ1v) is 10.6. The number of hydrogen-bond donors (Lipinski definition) is 2. The average Bonchev–Trinajstić information content (AvgIpc) is 2.96. The molecule has 0 spiro atoms. The molecule has 0 aliphatic heterocycles. The topological polar surface area (TPSA) is 46.2 Å². The Morgan fingerprint density at radius 2 is 1.78 bits per heavy atom. The van der Waals surface area contributed by atoms with Crippen molar-refractivity contribution >= 4 is 0 Å². The lowest BCUT2D eigenvalue weighted by Gasteiger charge is -2.25. The number of nitrogens with two attached hydrogens (primary N) is 1. The first kappa shape index (κ1) is 18.7. The SMILES string of the molecule is CC(C)c1ccc2c(c1)C(N)C(CC(C)c1ccc3c(c1)CCCC3O)C2. The Labute approximate surface area is 163 Å². The molecule has 2 aliphatic rings. The van der Waals surface area contributed by atoms with E-state index >= 15 is 0 Å². The smallest absolute Gasteiger partial charge is 0.0792 e. The van der Waals surface area contributed by atoms with Crippen molar-refractivity contribution in [2.45, 2.75) is 76.9 Å². The molecule has 0 heterocycles. The van der Waals surface area contributed by atoms with Gasteiger partial charge in [-0.3, -0.25) is 0 Å². The van der Waals surface area contributed by atoms with Crippen molar-refractivity contribution in [3.63, 3.8) is 0 Å². The maximum atomic E-state index is 10.2. The van der Waals surface area contributed by atoms with E-state index < -0.39 is 0 Å². The van der Waals surface area contributed by atoms with Crippen molar-refractivity contribution in [1.82, 2.24) is 0 Å². The maximum Gasteiger partial charge on any atom is 0.0792 e. The van der Waals surface area contributed by atoms with Crippen molar-refractivity contribution < 1.29 is 5.11 Å². The Bertz CT molecular complexity index is 825. The summed E-state index contributed by atoms with van der Waals surface area (Å²) in [7, 11) is 0. The summed E-state index contributed by atoms with van der Waals surface area (Å²) < 4.78 is 0. The van der Waals surface area contributed by atoms with Gasteiger partial charge in [-0.15, -0.1) is 0 Å². The second-order valence-corrected chi connectivity index (χ2v) is 9.11. The normalized spacial score (nSPS) is 25.3. The number of rotatable bonds is 4. The highest BCUT2D eigenvalue weighted by molar-refractivity contribution is 5.41. The average molecular weight is 364 g/mol. The van der Waals surface area contributed by atoms with Crippen LogP contribution in [-0.2, 0) is 12.8 Å². The molecule has 3 N–H and O–H groups in total. The highest BCUT2D eigenvalue weighted by Crippen LogP contribution is 2.41. The molecule has 0 amide bonds. The molecule has 0 saturated carbocycles. The van der Waals surface area contributed by atoms with E-state index in [1.54, 1.807) is 0 Å². The number of aliphatic hydroxyl groups excluding tert-OH is 1. The second-order valence-electron chi connectivity index (χ2n) is 9.11. The standard InChI is InChI=1S/C25H33NO/c1-15(2)17-7-8-20-13-21(25(26)23(20)14-17)11-16(3)18-9-10-22-19(12-18)5-4-6-24(22)27/h7-10,12,14-16,21,24-25,27H,4-6,11,13,26H2,1-3H3. The van der Waals surface area contributed by atoms with Crippen LogP contribution in [-0.4, -0.2) is 5.11 Å². The summed E-state index contributed by atoms with van der Waals surface area (Å²) in [5, 5.41) is 10.2. The van der Waals surface area contributed by atoms with E-state index in [4.69, 9.17) is 5.73 Å². The minimum atomic E-state index is -0.272. The number of benzene rings is 2. The Hall–Kier alpha value is -1.64. The highest BCUT2D eigenvalue weighted by Gasteiger charge is 2.31. The fraction of sp³-hybridized carbons (Fsp3) is 0.520. The lowest BCUT2D eigenvalue weighted by Crippen LogP contribution is -2.19. The summed E-state index contributed by atoms with van der Waals surface area (Å²) in [4.78, 5) is 0. The van der Waals surface area contributed by atoms with Gasteiger partial charge in [-0.05, 0) is 83.2 Å². The Balaban J connectivity index is 1.49. The van der Waals surface area contributed by atoms with Crippen molar-refractivity contribution in [3.05, 3.63) is 69.8 Å². The minimum Gasteiger partial charge on any atom is -0.388 e. The molecule has 4 rings (SSSR count). The fourth-order valence-electron chi connectivity index (χ4n) is 5.07. The summed E-state index contributed by atoms with van der Waals surface area (Å²) in [6.07, 6.45) is 5.03. The van der Waals surface area contributed by atoms with Gasteiger partial charge >= 0.3 is 0 Å². The van der Waals surface area contributed by atoms with E-state index in [2.05, 4.69) is 57.2 Å². The van der Waals surface area contributed by atoms with Crippen LogP contribution in [0.3, 0.4) is 0 Å². The van der Waals surface area contributed by atoms with Crippen LogP contribution < -0.4 is 5.73 Å².